The van der Waals surface area contributed by atoms with Crippen LogP contribution in [0, 0.1) is 5.92 Å². The van der Waals surface area contributed by atoms with Crippen LogP contribution in [0.25, 0.3) is 0 Å². The summed E-state index contributed by atoms with van der Waals surface area (Å²) >= 11 is 5.82. The first-order valence-electron chi connectivity index (χ1n) is 31.2. The fourth-order valence-corrected chi connectivity index (χ4v) is 13.9. The molecule has 504 valence electrons. The van der Waals surface area contributed by atoms with Gasteiger partial charge in [0.1, 0.15) is 48.3 Å². The van der Waals surface area contributed by atoms with E-state index in [0.717, 1.165) is 30.4 Å². The summed E-state index contributed by atoms with van der Waals surface area (Å²) in [4.78, 5) is 160. The van der Waals surface area contributed by atoms with Gasteiger partial charge in [-0.3, -0.25) is 58.1 Å². The molecule has 12 atom stereocenters. The number of aliphatic hydroxyl groups is 1. The average Bonchev–Trinajstić information content (AvgIpc) is 1.48. The van der Waals surface area contributed by atoms with Gasteiger partial charge in [-0.15, -0.1) is 11.3 Å². The minimum Gasteiger partial charge on any atom is -0.480 e. The standard InChI is InChI=1S/C59H89N19O12S2/c60-37(14-5-19-67-57(61)62)48(81)72-38(15-6-20-68-58(63)64)52(85)75-22-8-18-43(75)54(87)77-30-35(79)26-44(77)50(83)70-28-47(80)71-40(27-36-13-9-23-92-36)49(82)74-41(31-91)53(86)76-29-34-12-2-1-10-32(34)24-46(76)55(88)78-42-17-4-3-11-33(42)25-45(78)51(84)73-39(56(89)90)16-7-21-69-59(65)66/h1-2,9-10,12-13,23,33,35,37-46,79,91H,3-8,11,14-22,24-31,60H2,(H,70,83)(H,71,80)(H,72,81)(H,73,84)(H,74,82)(H,89,90)(H4,61,62,67)(H4,63,64,68)(H4,65,66,69)/t33-,35+,37+,38-,39-,40-,41-,42-,43-,44-,45-,46+/m0/s1. The van der Waals surface area contributed by atoms with Crippen LogP contribution < -0.4 is 66.7 Å². The molecule has 9 amide bonds. The van der Waals surface area contributed by atoms with Crippen molar-refractivity contribution < 1.29 is 58.2 Å². The molecular weight excluding hydrogens is 1230 g/mol. The lowest BCUT2D eigenvalue weighted by atomic mass is 9.84. The number of aliphatic hydroxyl groups excluding tert-OH is 1. The predicted molar refractivity (Wildman–Crippen MR) is 344 cm³/mol. The van der Waals surface area contributed by atoms with Crippen molar-refractivity contribution in [2.24, 2.45) is 61.0 Å². The molecule has 4 aliphatic heterocycles. The van der Waals surface area contributed by atoms with Crippen LogP contribution in [0.2, 0.25) is 0 Å². The molecule has 4 fully saturated rings. The smallest absolute Gasteiger partial charge is 0.326 e. The summed E-state index contributed by atoms with van der Waals surface area (Å²) in [6.45, 7) is -0.359. The van der Waals surface area contributed by atoms with Gasteiger partial charge in [-0.25, -0.2) is 4.79 Å². The van der Waals surface area contributed by atoms with Crippen molar-refractivity contribution in [2.75, 3.05) is 45.0 Å². The van der Waals surface area contributed by atoms with Crippen LogP contribution in [-0.4, -0.2) is 218 Å². The largest absolute Gasteiger partial charge is 0.480 e. The number of carboxylic acids is 1. The number of nitrogens with zero attached hydrogens (tertiary/aromatic N) is 7. The zero-order chi connectivity index (χ0) is 66.8. The summed E-state index contributed by atoms with van der Waals surface area (Å²) in [5.41, 5.74) is 40.4. The highest BCUT2D eigenvalue weighted by Gasteiger charge is 2.52. The number of amides is 9. The van der Waals surface area contributed by atoms with Gasteiger partial charge in [-0.05, 0) is 99.1 Å². The van der Waals surface area contributed by atoms with E-state index < -0.39 is 126 Å². The lowest BCUT2D eigenvalue weighted by Gasteiger charge is -2.42. The summed E-state index contributed by atoms with van der Waals surface area (Å²) in [5.74, 6) is -8.05. The molecule has 1 aromatic carbocycles. The van der Waals surface area contributed by atoms with Crippen LogP contribution in [-0.2, 0) is 67.3 Å². The van der Waals surface area contributed by atoms with Gasteiger partial charge in [0, 0.05) is 75.2 Å². The van der Waals surface area contributed by atoms with Crippen molar-refractivity contribution in [3.8, 4) is 0 Å². The van der Waals surface area contributed by atoms with Crippen LogP contribution >= 0.6 is 24.0 Å². The summed E-state index contributed by atoms with van der Waals surface area (Å²) in [6, 6.07) is -0.270. The average molecular weight is 1320 g/mol. The first-order chi connectivity index (χ1) is 43.9. The number of hydrogen-bond donors (Lipinski definition) is 15. The van der Waals surface area contributed by atoms with E-state index in [1.54, 1.807) is 28.5 Å². The molecule has 5 aliphatic rings. The normalized spacial score (nSPS) is 22.4. The summed E-state index contributed by atoms with van der Waals surface area (Å²) in [5, 5.41) is 36.2. The Balaban J connectivity index is 1.02. The van der Waals surface area contributed by atoms with E-state index in [0.29, 0.717) is 30.6 Å². The number of thiophene rings is 1. The molecule has 31 nitrogen and oxygen atoms in total. The number of fused-ring (bicyclic) bond motifs is 2. The van der Waals surface area contributed by atoms with Gasteiger partial charge in [-0.2, -0.15) is 12.6 Å². The maximum absolute atomic E-state index is 15.4. The third-order valence-electron chi connectivity index (χ3n) is 17.4. The number of benzene rings is 1. The molecule has 21 N–H and O–H groups in total. The van der Waals surface area contributed by atoms with E-state index in [-0.39, 0.29) is 133 Å². The SMILES string of the molecule is NC(N)=NCCC[C@@H](N)C(=O)N[C@@H](CCCN=C(N)N)C(=O)N1CCC[C@H]1C(=O)N1C[C@H](O)C[C@H]1C(=O)NCC(=O)N[C@@H](Cc1cccs1)C(=O)N[C@@H](CS)C(=O)N1Cc2ccccc2C[C@@H]1C(=O)N1[C@H](C(=O)N[C@@H](CCCN=C(N)N)C(=O)O)C[C@@H]2CCCC[C@@H]21. The van der Waals surface area contributed by atoms with Gasteiger partial charge in [0.25, 0.3) is 0 Å². The number of aliphatic imine (C=N–C) groups is 3. The molecule has 7 rings (SSSR count). The van der Waals surface area contributed by atoms with E-state index in [1.165, 1.54) is 26.0 Å². The number of carboxylic acid groups (broad SMARTS) is 1. The Morgan fingerprint density at radius 1 is 0.630 bits per heavy atom. The highest BCUT2D eigenvalue weighted by molar-refractivity contribution is 7.80. The zero-order valence-corrected chi connectivity index (χ0v) is 53.2. The number of carbonyl (C=O) groups is 10. The van der Waals surface area contributed by atoms with Crippen LogP contribution in [0.15, 0.2) is 56.8 Å². The molecule has 5 heterocycles. The van der Waals surface area contributed by atoms with Gasteiger partial charge in [0.15, 0.2) is 17.9 Å². The van der Waals surface area contributed by atoms with Gasteiger partial charge in [0.2, 0.25) is 53.2 Å². The van der Waals surface area contributed by atoms with Crippen LogP contribution in [0.1, 0.15) is 106 Å². The lowest BCUT2D eigenvalue weighted by Crippen LogP contribution is -2.62. The van der Waals surface area contributed by atoms with Crippen molar-refractivity contribution in [2.45, 2.75) is 176 Å². The second-order valence-electron chi connectivity index (χ2n) is 23.9. The Labute approximate surface area is 542 Å². The maximum atomic E-state index is 15.4. The van der Waals surface area contributed by atoms with Crippen molar-refractivity contribution in [3.63, 3.8) is 0 Å². The van der Waals surface area contributed by atoms with Crippen molar-refractivity contribution >= 4 is 101 Å². The lowest BCUT2D eigenvalue weighted by molar-refractivity contribution is -0.153. The first-order valence-corrected chi connectivity index (χ1v) is 32.7. The molecule has 0 unspecified atom stereocenters. The highest BCUT2D eigenvalue weighted by Crippen LogP contribution is 2.41. The molecule has 3 saturated heterocycles. The van der Waals surface area contributed by atoms with Gasteiger partial charge < -0.3 is 96.5 Å². The fourth-order valence-electron chi connectivity index (χ4n) is 12.9. The number of carbonyl (C=O) groups excluding carboxylic acids is 9. The highest BCUT2D eigenvalue weighted by atomic mass is 32.1. The van der Waals surface area contributed by atoms with Crippen LogP contribution in [0.5, 0.6) is 0 Å². The number of hydrogen-bond acceptors (Lipinski definition) is 17. The van der Waals surface area contributed by atoms with E-state index >= 15 is 9.59 Å². The number of thiol groups is 1. The van der Waals surface area contributed by atoms with E-state index in [1.807, 2.05) is 18.2 Å². The monoisotopic (exact) mass is 1320 g/mol. The van der Waals surface area contributed by atoms with E-state index in [9.17, 15) is 48.6 Å². The topological polar surface area (TPSA) is 503 Å². The Morgan fingerprint density at radius 3 is 1.90 bits per heavy atom. The van der Waals surface area contributed by atoms with Crippen molar-refractivity contribution in [1.82, 2.24) is 46.2 Å². The fraction of sp³-hybridized carbons (Fsp3) is 0.610. The van der Waals surface area contributed by atoms with Crippen LogP contribution in [0.3, 0.4) is 0 Å². The molecule has 0 radical (unpaired) electrons. The molecule has 0 spiro atoms. The Bertz CT molecular complexity index is 3050. The first kappa shape index (κ1) is 71.1. The number of nitrogens with two attached hydrogens (primary N) is 7. The Morgan fingerprint density at radius 2 is 1.26 bits per heavy atom. The van der Waals surface area contributed by atoms with Gasteiger partial charge in [0.05, 0.1) is 18.7 Å². The van der Waals surface area contributed by atoms with E-state index in [4.69, 9.17) is 40.1 Å². The molecule has 92 heavy (non-hydrogen) atoms. The summed E-state index contributed by atoms with van der Waals surface area (Å²) < 4.78 is 0. The van der Waals surface area contributed by atoms with E-state index in [2.05, 4.69) is 54.2 Å². The molecule has 0 bridgehead atoms. The third kappa shape index (κ3) is 19.1. The third-order valence-corrected chi connectivity index (χ3v) is 18.7. The number of β-amino-alcohol motifs (C(OH)–C–C–N with tert-alkyl or cyclic N) is 1. The number of guanidine groups is 3. The number of likely N-dealkylation sites (tertiary alicyclic amines) is 3. The van der Waals surface area contributed by atoms with Gasteiger partial charge in [-0.1, -0.05) is 43.2 Å². The maximum Gasteiger partial charge on any atom is 0.326 e. The number of aliphatic carboxylic acids is 1. The Kier molecular flexibility index (Phi) is 26.2. The van der Waals surface area contributed by atoms with Crippen LogP contribution in [0.4, 0.5) is 0 Å². The molecule has 2 aromatic rings. The van der Waals surface area contributed by atoms with Gasteiger partial charge >= 0.3 is 5.97 Å². The molecule has 1 saturated carbocycles. The Hall–Kier alpha value is -8.30. The second kappa shape index (κ2) is 33.9. The number of rotatable bonds is 30. The minimum absolute atomic E-state index is 0.0164. The minimum atomic E-state index is -1.36. The predicted octanol–water partition coefficient (Wildman–Crippen LogP) is -4.09. The number of nitrogens with one attached hydrogen (secondary N) is 5. The molecule has 1 aromatic heterocycles. The quantitative estimate of drug-likeness (QED) is 0.0153. The van der Waals surface area contributed by atoms with Crippen molar-refractivity contribution in [1.29, 1.82) is 0 Å². The molecule has 33 heteroatoms. The summed E-state index contributed by atoms with van der Waals surface area (Å²) in [6.07, 6.45) is 3.76. The molecule has 1 aliphatic carbocycles. The van der Waals surface area contributed by atoms with Crippen molar-refractivity contribution in [3.05, 3.63) is 57.8 Å². The second-order valence-corrected chi connectivity index (χ2v) is 25.3. The zero-order valence-electron chi connectivity index (χ0n) is 51.4. The summed E-state index contributed by atoms with van der Waals surface area (Å²) in [7, 11) is 0. The molecular formula is C59H89N19O12S2.